The average Bonchev–Trinajstić information content (AvgIpc) is 2.04. The molecule has 0 aromatic carbocycles. The standard InChI is InChI=1S/C9H13NO2/c1-5-7-9(3,6(2)11)8(12)10(7)4/h5H,1-4H3/b7-5-. The Morgan fingerprint density at radius 1 is 1.58 bits per heavy atom. The number of rotatable bonds is 1. The monoisotopic (exact) mass is 167 g/mol. The molecular formula is C9H13NO2. The van der Waals surface area contributed by atoms with E-state index in [1.165, 1.54) is 11.8 Å². The van der Waals surface area contributed by atoms with Crippen molar-refractivity contribution in [2.45, 2.75) is 20.8 Å². The van der Waals surface area contributed by atoms with Crippen LogP contribution in [-0.2, 0) is 9.59 Å². The zero-order valence-corrected chi connectivity index (χ0v) is 7.84. The number of allylic oxidation sites excluding steroid dienone is 1. The molecule has 1 aliphatic heterocycles. The molecule has 1 heterocycles. The molecule has 3 heteroatoms. The number of hydrogen-bond acceptors (Lipinski definition) is 2. The number of hydrogen-bond donors (Lipinski definition) is 0. The highest BCUT2D eigenvalue weighted by Gasteiger charge is 2.54. The van der Waals surface area contributed by atoms with Gasteiger partial charge in [0.2, 0.25) is 5.91 Å². The Bertz CT molecular complexity index is 280. The van der Waals surface area contributed by atoms with Crippen molar-refractivity contribution in [2.75, 3.05) is 7.05 Å². The van der Waals surface area contributed by atoms with Crippen LogP contribution in [0.15, 0.2) is 11.8 Å². The van der Waals surface area contributed by atoms with Crippen LogP contribution in [0.4, 0.5) is 0 Å². The van der Waals surface area contributed by atoms with Crippen molar-refractivity contribution in [1.29, 1.82) is 0 Å². The fourth-order valence-corrected chi connectivity index (χ4v) is 1.65. The number of ketones is 1. The topological polar surface area (TPSA) is 37.4 Å². The second kappa shape index (κ2) is 2.44. The molecule has 1 amide bonds. The summed E-state index contributed by atoms with van der Waals surface area (Å²) in [5, 5.41) is 0. The Balaban J connectivity index is 3.09. The second-order valence-electron chi connectivity index (χ2n) is 3.22. The van der Waals surface area contributed by atoms with Gasteiger partial charge in [-0.3, -0.25) is 9.59 Å². The van der Waals surface area contributed by atoms with Crippen LogP contribution in [0.3, 0.4) is 0 Å². The van der Waals surface area contributed by atoms with Gasteiger partial charge >= 0.3 is 0 Å². The van der Waals surface area contributed by atoms with E-state index in [2.05, 4.69) is 0 Å². The van der Waals surface area contributed by atoms with Crippen LogP contribution in [0.5, 0.6) is 0 Å². The Kier molecular flexibility index (Phi) is 1.82. The second-order valence-corrected chi connectivity index (χ2v) is 3.22. The molecule has 0 aromatic rings. The molecule has 0 radical (unpaired) electrons. The van der Waals surface area contributed by atoms with Gasteiger partial charge in [-0.2, -0.15) is 0 Å². The van der Waals surface area contributed by atoms with Gasteiger partial charge in [0.1, 0.15) is 5.41 Å². The predicted molar refractivity (Wildman–Crippen MR) is 45.3 cm³/mol. The Hall–Kier alpha value is -1.12. The number of β-lactam (4-membered cyclic amide) rings is 1. The van der Waals surface area contributed by atoms with Gasteiger partial charge in [0.15, 0.2) is 5.78 Å². The van der Waals surface area contributed by atoms with Crippen molar-refractivity contribution >= 4 is 11.7 Å². The molecule has 3 nitrogen and oxygen atoms in total. The third-order valence-electron chi connectivity index (χ3n) is 2.58. The van der Waals surface area contributed by atoms with E-state index < -0.39 is 5.41 Å². The molecule has 1 aliphatic rings. The van der Waals surface area contributed by atoms with Gasteiger partial charge in [0, 0.05) is 12.7 Å². The van der Waals surface area contributed by atoms with Gasteiger partial charge in [-0.25, -0.2) is 0 Å². The molecule has 12 heavy (non-hydrogen) atoms. The van der Waals surface area contributed by atoms with Gasteiger partial charge in [-0.05, 0) is 20.8 Å². The number of nitrogens with zero attached hydrogens (tertiary/aromatic N) is 1. The lowest BCUT2D eigenvalue weighted by molar-refractivity contribution is -0.154. The van der Waals surface area contributed by atoms with Crippen molar-refractivity contribution < 1.29 is 9.59 Å². The highest BCUT2D eigenvalue weighted by atomic mass is 16.2. The van der Waals surface area contributed by atoms with Gasteiger partial charge in [-0.1, -0.05) is 6.08 Å². The smallest absolute Gasteiger partial charge is 0.245 e. The fraction of sp³-hybridized carbons (Fsp3) is 0.556. The van der Waals surface area contributed by atoms with Crippen LogP contribution < -0.4 is 0 Å². The summed E-state index contributed by atoms with van der Waals surface area (Å²) in [6.45, 7) is 4.96. The maximum Gasteiger partial charge on any atom is 0.245 e. The number of likely N-dealkylation sites (tertiary alicyclic amines) is 1. The highest BCUT2D eigenvalue weighted by Crippen LogP contribution is 2.41. The number of Topliss-reactive ketones (excluding diaryl/α,β-unsaturated/α-hetero) is 1. The molecule has 0 aromatic heterocycles. The largest absolute Gasteiger partial charge is 0.317 e. The van der Waals surface area contributed by atoms with E-state index in [4.69, 9.17) is 0 Å². The maximum absolute atomic E-state index is 11.4. The number of carbonyl (C=O) groups is 2. The van der Waals surface area contributed by atoms with E-state index in [1.54, 1.807) is 14.0 Å². The molecule has 1 saturated heterocycles. The van der Waals surface area contributed by atoms with Gasteiger partial charge in [-0.15, -0.1) is 0 Å². The van der Waals surface area contributed by atoms with Gasteiger partial charge in [0.25, 0.3) is 0 Å². The molecule has 0 bridgehead atoms. The van der Waals surface area contributed by atoms with Crippen LogP contribution in [0, 0.1) is 5.41 Å². The predicted octanol–water partition coefficient (Wildman–Crippen LogP) is 0.958. The lowest BCUT2D eigenvalue weighted by atomic mass is 9.74. The van der Waals surface area contributed by atoms with Crippen LogP contribution in [0.25, 0.3) is 0 Å². The zero-order valence-electron chi connectivity index (χ0n) is 7.84. The van der Waals surface area contributed by atoms with E-state index in [0.717, 1.165) is 5.70 Å². The Labute approximate surface area is 72.0 Å². The SMILES string of the molecule is C/C=C1\N(C)C(=O)C1(C)C(C)=O. The van der Waals surface area contributed by atoms with E-state index in [1.807, 2.05) is 13.0 Å². The first kappa shape index (κ1) is 8.97. The molecule has 1 atom stereocenters. The molecule has 1 fully saturated rings. The summed E-state index contributed by atoms with van der Waals surface area (Å²) < 4.78 is 0. The molecule has 0 saturated carbocycles. The maximum atomic E-state index is 11.4. The summed E-state index contributed by atoms with van der Waals surface area (Å²) >= 11 is 0. The van der Waals surface area contributed by atoms with Crippen molar-refractivity contribution in [2.24, 2.45) is 5.41 Å². The van der Waals surface area contributed by atoms with Crippen molar-refractivity contribution in [3.8, 4) is 0 Å². The molecule has 0 aliphatic carbocycles. The minimum atomic E-state index is -0.872. The molecule has 1 rings (SSSR count). The van der Waals surface area contributed by atoms with E-state index in [-0.39, 0.29) is 11.7 Å². The first-order valence-electron chi connectivity index (χ1n) is 3.92. The summed E-state index contributed by atoms with van der Waals surface area (Å²) in [7, 11) is 1.68. The van der Waals surface area contributed by atoms with Crippen LogP contribution >= 0.6 is 0 Å². The van der Waals surface area contributed by atoms with Crippen LogP contribution in [-0.4, -0.2) is 23.6 Å². The Morgan fingerprint density at radius 3 is 2.33 bits per heavy atom. The van der Waals surface area contributed by atoms with Gasteiger partial charge in [0.05, 0.1) is 0 Å². The summed E-state index contributed by atoms with van der Waals surface area (Å²) in [6, 6.07) is 0. The molecule has 0 N–H and O–H groups in total. The summed E-state index contributed by atoms with van der Waals surface area (Å²) in [5.74, 6) is -0.193. The van der Waals surface area contributed by atoms with Crippen molar-refractivity contribution in [3.05, 3.63) is 11.8 Å². The lowest BCUT2D eigenvalue weighted by Crippen LogP contribution is -2.59. The third kappa shape index (κ3) is 0.763. The lowest BCUT2D eigenvalue weighted by Gasteiger charge is -2.45. The quantitative estimate of drug-likeness (QED) is 0.431. The molecule has 1 unspecified atom stereocenters. The van der Waals surface area contributed by atoms with Crippen molar-refractivity contribution in [1.82, 2.24) is 4.90 Å². The van der Waals surface area contributed by atoms with Gasteiger partial charge < -0.3 is 4.90 Å². The van der Waals surface area contributed by atoms with Crippen molar-refractivity contribution in [3.63, 3.8) is 0 Å². The number of carbonyl (C=O) groups excluding carboxylic acids is 2. The van der Waals surface area contributed by atoms with Crippen LogP contribution in [0.1, 0.15) is 20.8 Å². The molecule has 66 valence electrons. The zero-order chi connectivity index (χ0) is 9.52. The fourth-order valence-electron chi connectivity index (χ4n) is 1.65. The molecule has 0 spiro atoms. The first-order valence-corrected chi connectivity index (χ1v) is 3.92. The normalized spacial score (nSPS) is 32.2. The van der Waals surface area contributed by atoms with Crippen LogP contribution in [0.2, 0.25) is 0 Å². The average molecular weight is 167 g/mol. The minimum Gasteiger partial charge on any atom is -0.317 e. The summed E-state index contributed by atoms with van der Waals surface area (Å²) in [6.07, 6.45) is 1.81. The minimum absolute atomic E-state index is 0.0845. The van der Waals surface area contributed by atoms with E-state index in [0.29, 0.717) is 0 Å². The number of amides is 1. The third-order valence-corrected chi connectivity index (χ3v) is 2.58. The first-order chi connectivity index (χ1) is 5.46. The molecular weight excluding hydrogens is 154 g/mol. The Morgan fingerprint density at radius 2 is 2.08 bits per heavy atom. The highest BCUT2D eigenvalue weighted by molar-refractivity contribution is 6.13. The van der Waals surface area contributed by atoms with E-state index >= 15 is 0 Å². The summed E-state index contributed by atoms with van der Waals surface area (Å²) in [5.41, 5.74) is -0.0660. The summed E-state index contributed by atoms with van der Waals surface area (Å²) in [4.78, 5) is 24.1. The van der Waals surface area contributed by atoms with E-state index in [9.17, 15) is 9.59 Å².